The van der Waals surface area contributed by atoms with Gasteiger partial charge in [0.1, 0.15) is 5.82 Å². The summed E-state index contributed by atoms with van der Waals surface area (Å²) in [6.45, 7) is 2.06. The van der Waals surface area contributed by atoms with Crippen LogP contribution >= 0.6 is 11.8 Å². The average molecular weight is 385 g/mol. The SMILES string of the molecule is Cc1ccccc1-n1nc2c(c1NC(=O)c1cccc3ccccc13)CSC2. The molecule has 0 atom stereocenters. The highest BCUT2D eigenvalue weighted by atomic mass is 32.2. The van der Waals surface area contributed by atoms with Crippen LogP contribution in [0.15, 0.2) is 66.7 Å². The first-order chi connectivity index (χ1) is 13.7. The van der Waals surface area contributed by atoms with E-state index in [1.165, 1.54) is 0 Å². The number of nitrogens with one attached hydrogen (secondary N) is 1. The normalized spacial score (nSPS) is 12.9. The van der Waals surface area contributed by atoms with Gasteiger partial charge in [-0.1, -0.05) is 54.6 Å². The molecule has 2 heterocycles. The summed E-state index contributed by atoms with van der Waals surface area (Å²) in [4.78, 5) is 13.2. The molecule has 0 aliphatic carbocycles. The molecular formula is C23H19N3OS. The maximum atomic E-state index is 13.2. The molecule has 4 nitrogen and oxygen atoms in total. The highest BCUT2D eigenvalue weighted by molar-refractivity contribution is 7.98. The molecule has 1 amide bonds. The standard InChI is InChI=1S/C23H19N3OS/c1-15-7-2-5-12-21(15)26-22(19-13-28-14-20(19)25-26)24-23(27)18-11-6-9-16-8-3-4-10-17(16)18/h2-12H,13-14H2,1H3,(H,24,27). The monoisotopic (exact) mass is 385 g/mol. The maximum absolute atomic E-state index is 13.2. The van der Waals surface area contributed by atoms with Crippen molar-refractivity contribution in [1.29, 1.82) is 0 Å². The number of hydrogen-bond acceptors (Lipinski definition) is 3. The minimum absolute atomic E-state index is 0.105. The molecular weight excluding hydrogens is 366 g/mol. The molecule has 1 aliphatic rings. The molecule has 138 valence electrons. The summed E-state index contributed by atoms with van der Waals surface area (Å²) in [5.74, 6) is 2.43. The fourth-order valence-electron chi connectivity index (χ4n) is 3.72. The van der Waals surface area contributed by atoms with Gasteiger partial charge in [0.05, 0.1) is 11.4 Å². The van der Waals surface area contributed by atoms with Crippen LogP contribution in [0.25, 0.3) is 16.5 Å². The lowest BCUT2D eigenvalue weighted by Crippen LogP contribution is -2.17. The van der Waals surface area contributed by atoms with E-state index in [-0.39, 0.29) is 5.91 Å². The number of anilines is 1. The van der Waals surface area contributed by atoms with Crippen LogP contribution in [-0.2, 0) is 11.5 Å². The number of hydrogen-bond donors (Lipinski definition) is 1. The van der Waals surface area contributed by atoms with Gasteiger partial charge in [-0.25, -0.2) is 4.68 Å². The predicted octanol–water partition coefficient (Wildman–Crippen LogP) is 5.33. The van der Waals surface area contributed by atoms with Gasteiger partial charge in [-0.15, -0.1) is 0 Å². The van der Waals surface area contributed by atoms with Crippen LogP contribution in [0.4, 0.5) is 5.82 Å². The lowest BCUT2D eigenvalue weighted by atomic mass is 10.0. The van der Waals surface area contributed by atoms with E-state index < -0.39 is 0 Å². The van der Waals surface area contributed by atoms with Crippen molar-refractivity contribution in [3.05, 3.63) is 89.1 Å². The van der Waals surface area contributed by atoms with Gasteiger partial charge in [0.2, 0.25) is 0 Å². The fourth-order valence-corrected chi connectivity index (χ4v) is 4.75. The van der Waals surface area contributed by atoms with E-state index in [0.717, 1.165) is 50.6 Å². The largest absolute Gasteiger partial charge is 0.306 e. The molecule has 0 bridgehead atoms. The van der Waals surface area contributed by atoms with Crippen molar-refractivity contribution >= 4 is 34.3 Å². The summed E-state index contributed by atoms with van der Waals surface area (Å²) < 4.78 is 1.89. The zero-order chi connectivity index (χ0) is 19.1. The first kappa shape index (κ1) is 17.1. The summed E-state index contributed by atoms with van der Waals surface area (Å²) in [5.41, 5.74) is 4.98. The van der Waals surface area contributed by atoms with Crippen LogP contribution in [-0.4, -0.2) is 15.7 Å². The molecule has 0 spiro atoms. The van der Waals surface area contributed by atoms with E-state index in [1.54, 1.807) is 0 Å². The first-order valence-corrected chi connectivity index (χ1v) is 10.4. The number of benzene rings is 3. The van der Waals surface area contributed by atoms with Gasteiger partial charge >= 0.3 is 0 Å². The Kier molecular flexibility index (Phi) is 4.17. The Morgan fingerprint density at radius 2 is 1.79 bits per heavy atom. The molecule has 5 rings (SSSR count). The topological polar surface area (TPSA) is 46.9 Å². The summed E-state index contributed by atoms with van der Waals surface area (Å²) >= 11 is 1.83. The smallest absolute Gasteiger partial charge is 0.257 e. The second-order valence-electron chi connectivity index (χ2n) is 6.95. The Morgan fingerprint density at radius 3 is 2.68 bits per heavy atom. The average Bonchev–Trinajstić information content (AvgIpc) is 3.30. The summed E-state index contributed by atoms with van der Waals surface area (Å²) in [6, 6.07) is 21.9. The van der Waals surface area contributed by atoms with Gasteiger partial charge in [0.25, 0.3) is 5.91 Å². The Bertz CT molecular complexity index is 1210. The van der Waals surface area contributed by atoms with E-state index in [4.69, 9.17) is 5.10 Å². The number of nitrogens with zero attached hydrogens (tertiary/aromatic N) is 2. The minimum Gasteiger partial charge on any atom is -0.306 e. The van der Waals surface area contributed by atoms with Crippen LogP contribution in [0.3, 0.4) is 0 Å². The zero-order valence-corrected chi connectivity index (χ0v) is 16.3. The van der Waals surface area contributed by atoms with Crippen molar-refractivity contribution in [2.75, 3.05) is 5.32 Å². The van der Waals surface area contributed by atoms with Crippen LogP contribution < -0.4 is 5.32 Å². The number of aryl methyl sites for hydroxylation is 1. The number of aromatic nitrogens is 2. The number of carbonyl (C=O) groups excluding carboxylic acids is 1. The molecule has 1 aliphatic heterocycles. The van der Waals surface area contributed by atoms with Crippen LogP contribution in [0.5, 0.6) is 0 Å². The molecule has 0 saturated carbocycles. The van der Waals surface area contributed by atoms with Crippen molar-refractivity contribution in [2.24, 2.45) is 0 Å². The van der Waals surface area contributed by atoms with Gasteiger partial charge in [0.15, 0.2) is 0 Å². The van der Waals surface area contributed by atoms with Crippen LogP contribution in [0.2, 0.25) is 0 Å². The second-order valence-corrected chi connectivity index (χ2v) is 7.93. The molecule has 5 heteroatoms. The Hall–Kier alpha value is -3.05. The number of amides is 1. The van der Waals surface area contributed by atoms with Gasteiger partial charge in [-0.2, -0.15) is 16.9 Å². The Morgan fingerprint density at radius 1 is 1.00 bits per heavy atom. The molecule has 4 aromatic rings. The van der Waals surface area contributed by atoms with Gasteiger partial charge < -0.3 is 5.32 Å². The van der Waals surface area contributed by atoms with Crippen molar-refractivity contribution in [3.8, 4) is 5.69 Å². The predicted molar refractivity (Wildman–Crippen MR) is 115 cm³/mol. The number of para-hydroxylation sites is 1. The Labute approximate surface area is 167 Å². The van der Waals surface area contributed by atoms with E-state index in [9.17, 15) is 4.79 Å². The number of thioether (sulfide) groups is 1. The van der Waals surface area contributed by atoms with Crippen molar-refractivity contribution in [3.63, 3.8) is 0 Å². The highest BCUT2D eigenvalue weighted by Gasteiger charge is 2.25. The first-order valence-electron chi connectivity index (χ1n) is 9.26. The molecule has 1 N–H and O–H groups in total. The van der Waals surface area contributed by atoms with Gasteiger partial charge in [-0.3, -0.25) is 4.79 Å². The van der Waals surface area contributed by atoms with Crippen molar-refractivity contribution in [2.45, 2.75) is 18.4 Å². The van der Waals surface area contributed by atoms with Crippen molar-refractivity contribution < 1.29 is 4.79 Å². The zero-order valence-electron chi connectivity index (χ0n) is 15.5. The van der Waals surface area contributed by atoms with E-state index in [1.807, 2.05) is 77.1 Å². The fraction of sp³-hybridized carbons (Fsp3) is 0.130. The van der Waals surface area contributed by atoms with Crippen LogP contribution in [0.1, 0.15) is 27.2 Å². The molecule has 0 saturated heterocycles. The summed E-state index contributed by atoms with van der Waals surface area (Å²) in [7, 11) is 0. The summed E-state index contributed by atoms with van der Waals surface area (Å²) in [6.07, 6.45) is 0. The number of fused-ring (bicyclic) bond motifs is 2. The lowest BCUT2D eigenvalue weighted by Gasteiger charge is -2.13. The maximum Gasteiger partial charge on any atom is 0.257 e. The second kappa shape index (κ2) is 6.84. The van der Waals surface area contributed by atoms with E-state index in [0.29, 0.717) is 5.56 Å². The molecule has 1 aromatic heterocycles. The van der Waals surface area contributed by atoms with Crippen molar-refractivity contribution in [1.82, 2.24) is 9.78 Å². The van der Waals surface area contributed by atoms with Crippen LogP contribution in [0, 0.1) is 6.92 Å². The highest BCUT2D eigenvalue weighted by Crippen LogP contribution is 2.37. The van der Waals surface area contributed by atoms with Gasteiger partial charge in [0, 0.05) is 22.6 Å². The number of carbonyl (C=O) groups is 1. The van der Waals surface area contributed by atoms with Gasteiger partial charge in [-0.05, 0) is 35.4 Å². The summed E-state index contributed by atoms with van der Waals surface area (Å²) in [5, 5.41) is 10.00. The molecule has 0 fully saturated rings. The molecule has 3 aromatic carbocycles. The Balaban J connectivity index is 1.60. The quantitative estimate of drug-likeness (QED) is 0.518. The van der Waals surface area contributed by atoms with E-state index in [2.05, 4.69) is 18.3 Å². The number of rotatable bonds is 3. The third kappa shape index (κ3) is 2.79. The minimum atomic E-state index is -0.105. The lowest BCUT2D eigenvalue weighted by molar-refractivity contribution is 0.102. The molecule has 0 radical (unpaired) electrons. The van der Waals surface area contributed by atoms with E-state index >= 15 is 0 Å². The third-order valence-electron chi connectivity index (χ3n) is 5.16. The molecule has 28 heavy (non-hydrogen) atoms. The molecule has 0 unspecified atom stereocenters. The third-order valence-corrected chi connectivity index (χ3v) is 6.13.